The summed E-state index contributed by atoms with van der Waals surface area (Å²) in [5.74, 6) is -0.141. The van der Waals surface area contributed by atoms with Crippen molar-refractivity contribution in [3.63, 3.8) is 0 Å². The van der Waals surface area contributed by atoms with Gasteiger partial charge in [-0.2, -0.15) is 8.42 Å². The number of amides is 1. The lowest BCUT2D eigenvalue weighted by molar-refractivity contribution is -0.385. The third-order valence-electron chi connectivity index (χ3n) is 6.49. The number of carbonyl (C=O) groups is 1. The third kappa shape index (κ3) is 5.95. The minimum atomic E-state index is -4.28. The molecule has 1 N–H and O–H groups in total. The number of aliphatic imine (C=N–C) groups is 1. The fourth-order valence-electron chi connectivity index (χ4n) is 4.45. The Balaban J connectivity index is 1.35. The van der Waals surface area contributed by atoms with E-state index in [9.17, 15) is 23.3 Å². The van der Waals surface area contributed by atoms with Gasteiger partial charge < -0.3 is 9.50 Å². The van der Waals surface area contributed by atoms with Crippen molar-refractivity contribution in [3.8, 4) is 5.75 Å². The molecule has 1 heterocycles. The summed E-state index contributed by atoms with van der Waals surface area (Å²) >= 11 is 1.52. The Kier molecular flexibility index (Phi) is 7.76. The molecule has 40 heavy (non-hydrogen) atoms. The van der Waals surface area contributed by atoms with Gasteiger partial charge in [-0.15, -0.1) is 11.3 Å². The van der Waals surface area contributed by atoms with Crippen molar-refractivity contribution in [2.75, 3.05) is 5.32 Å². The lowest BCUT2D eigenvalue weighted by atomic mass is 9.95. The first-order chi connectivity index (χ1) is 19.2. The van der Waals surface area contributed by atoms with Gasteiger partial charge in [0, 0.05) is 28.4 Å². The maximum atomic E-state index is 13.3. The highest BCUT2D eigenvalue weighted by molar-refractivity contribution is 7.87. The van der Waals surface area contributed by atoms with Gasteiger partial charge in [-0.05, 0) is 86.2 Å². The summed E-state index contributed by atoms with van der Waals surface area (Å²) in [5.41, 5.74) is 3.09. The normalized spacial score (nSPS) is 13.1. The number of fused-ring (bicyclic) bond motifs is 1. The van der Waals surface area contributed by atoms with Gasteiger partial charge in [0.15, 0.2) is 0 Å². The van der Waals surface area contributed by atoms with Gasteiger partial charge in [0.1, 0.15) is 15.6 Å². The van der Waals surface area contributed by atoms with Gasteiger partial charge in [-0.3, -0.25) is 14.9 Å². The number of para-hydroxylation sites is 1. The van der Waals surface area contributed by atoms with Crippen molar-refractivity contribution >= 4 is 50.0 Å². The van der Waals surface area contributed by atoms with Gasteiger partial charge in [-0.1, -0.05) is 24.3 Å². The fourth-order valence-corrected chi connectivity index (χ4v) is 6.63. The number of carbonyl (C=O) groups excluding carboxylic acids is 1. The molecule has 0 aliphatic heterocycles. The fraction of sp³-hybridized carbons (Fsp3) is 0.172. The highest BCUT2D eigenvalue weighted by Gasteiger charge is 2.25. The van der Waals surface area contributed by atoms with Crippen LogP contribution in [0, 0.1) is 17.0 Å². The summed E-state index contributed by atoms with van der Waals surface area (Å²) in [7, 11) is -4.28. The van der Waals surface area contributed by atoms with Crippen LogP contribution in [0.2, 0.25) is 0 Å². The van der Waals surface area contributed by atoms with E-state index in [1.54, 1.807) is 18.3 Å². The van der Waals surface area contributed by atoms with Crippen molar-refractivity contribution in [2.45, 2.75) is 37.5 Å². The monoisotopic (exact) mass is 575 g/mol. The first-order valence-corrected chi connectivity index (χ1v) is 14.8. The SMILES string of the molecule is Cc1ccc(S(=O)(=O)Oc2ccc(C=Nc3sc4c(c3C(=O)Nc3ccccc3)CCCC4)cc2)cc1[N+](=O)[O-]. The number of nitrogens with zero attached hydrogens (tertiary/aromatic N) is 2. The van der Waals surface area contributed by atoms with Crippen molar-refractivity contribution in [3.05, 3.63) is 110 Å². The topological polar surface area (TPSA) is 128 Å². The smallest absolute Gasteiger partial charge is 0.339 e. The van der Waals surface area contributed by atoms with E-state index in [-0.39, 0.29) is 22.2 Å². The number of anilines is 1. The Morgan fingerprint density at radius 3 is 2.50 bits per heavy atom. The summed E-state index contributed by atoms with van der Waals surface area (Å²) in [4.78, 5) is 29.3. The Morgan fingerprint density at radius 1 is 1.05 bits per heavy atom. The van der Waals surface area contributed by atoms with Crippen molar-refractivity contribution in [2.24, 2.45) is 4.99 Å². The molecule has 0 bridgehead atoms. The molecule has 1 aliphatic rings. The minimum Gasteiger partial charge on any atom is -0.379 e. The number of benzene rings is 3. The van der Waals surface area contributed by atoms with E-state index in [0.29, 0.717) is 27.4 Å². The molecule has 0 atom stereocenters. The molecule has 0 radical (unpaired) electrons. The van der Waals surface area contributed by atoms with Gasteiger partial charge in [0.2, 0.25) is 0 Å². The molecule has 0 spiro atoms. The average Bonchev–Trinajstić information content (AvgIpc) is 3.31. The number of aryl methyl sites for hydroxylation is 2. The zero-order valence-corrected chi connectivity index (χ0v) is 23.1. The third-order valence-corrected chi connectivity index (χ3v) is 8.94. The van der Waals surface area contributed by atoms with Crippen molar-refractivity contribution < 1.29 is 22.3 Å². The Morgan fingerprint density at radius 2 is 1.77 bits per heavy atom. The molecule has 1 aromatic heterocycles. The molecule has 204 valence electrons. The zero-order chi connectivity index (χ0) is 28.3. The Bertz CT molecular complexity index is 1710. The first kappa shape index (κ1) is 27.2. The van der Waals surface area contributed by atoms with Gasteiger partial charge >= 0.3 is 10.1 Å². The molecule has 3 aromatic carbocycles. The molecule has 9 nitrogen and oxygen atoms in total. The van der Waals surface area contributed by atoms with Crippen LogP contribution >= 0.6 is 11.3 Å². The van der Waals surface area contributed by atoms with Gasteiger partial charge in [0.25, 0.3) is 11.6 Å². The highest BCUT2D eigenvalue weighted by atomic mass is 32.2. The van der Waals surface area contributed by atoms with Crippen molar-refractivity contribution in [1.29, 1.82) is 0 Å². The number of thiophene rings is 1. The quantitative estimate of drug-likeness (QED) is 0.109. The van der Waals surface area contributed by atoms with E-state index in [2.05, 4.69) is 10.3 Å². The van der Waals surface area contributed by atoms with Crippen LogP contribution < -0.4 is 9.50 Å². The van der Waals surface area contributed by atoms with Gasteiger partial charge in [-0.25, -0.2) is 4.99 Å². The van der Waals surface area contributed by atoms with Crippen LogP contribution in [0.1, 0.15) is 44.8 Å². The zero-order valence-electron chi connectivity index (χ0n) is 21.5. The number of nitro groups is 1. The second-order valence-corrected chi connectivity index (χ2v) is 11.9. The highest BCUT2D eigenvalue weighted by Crippen LogP contribution is 2.40. The summed E-state index contributed by atoms with van der Waals surface area (Å²) in [6.07, 6.45) is 5.49. The molecule has 1 amide bonds. The van der Waals surface area contributed by atoms with Crippen molar-refractivity contribution in [1.82, 2.24) is 0 Å². The number of rotatable bonds is 8. The minimum absolute atomic E-state index is 0.0508. The van der Waals surface area contributed by atoms with Crippen LogP contribution in [0.3, 0.4) is 0 Å². The summed E-state index contributed by atoms with van der Waals surface area (Å²) < 4.78 is 30.6. The van der Waals surface area contributed by atoms with Crippen LogP contribution in [0.25, 0.3) is 0 Å². The van der Waals surface area contributed by atoms with Crippen LogP contribution in [-0.4, -0.2) is 25.5 Å². The lowest BCUT2D eigenvalue weighted by Gasteiger charge is -2.12. The number of nitrogens with one attached hydrogen (secondary N) is 1. The molecule has 0 saturated carbocycles. The molecule has 0 unspecified atom stereocenters. The molecule has 4 aromatic rings. The van der Waals surface area contributed by atoms with Gasteiger partial charge in [0.05, 0.1) is 10.5 Å². The first-order valence-electron chi connectivity index (χ1n) is 12.6. The molecular formula is C29H25N3O6S2. The largest absolute Gasteiger partial charge is 0.379 e. The van der Waals surface area contributed by atoms with E-state index in [4.69, 9.17) is 4.18 Å². The molecule has 5 rings (SSSR count). The molecular weight excluding hydrogens is 550 g/mol. The van der Waals surface area contributed by atoms with E-state index < -0.39 is 15.0 Å². The summed E-state index contributed by atoms with van der Waals surface area (Å²) in [6.45, 7) is 1.53. The number of nitro benzene ring substituents is 1. The Hall–Kier alpha value is -4.35. The van der Waals surface area contributed by atoms with Crippen LogP contribution in [0.4, 0.5) is 16.4 Å². The molecule has 1 aliphatic carbocycles. The summed E-state index contributed by atoms with van der Waals surface area (Å²) in [6, 6.07) is 19.1. The second kappa shape index (κ2) is 11.4. The number of hydrogen-bond acceptors (Lipinski definition) is 8. The summed E-state index contributed by atoms with van der Waals surface area (Å²) in [5, 5.41) is 14.8. The predicted molar refractivity (Wildman–Crippen MR) is 155 cm³/mol. The van der Waals surface area contributed by atoms with E-state index in [1.165, 1.54) is 47.4 Å². The van der Waals surface area contributed by atoms with E-state index in [0.717, 1.165) is 37.3 Å². The maximum absolute atomic E-state index is 13.3. The van der Waals surface area contributed by atoms with Crippen LogP contribution in [0.5, 0.6) is 5.75 Å². The molecule has 11 heteroatoms. The van der Waals surface area contributed by atoms with Crippen LogP contribution in [0.15, 0.2) is 82.7 Å². The van der Waals surface area contributed by atoms with E-state index in [1.807, 2.05) is 30.3 Å². The Labute approximate surface area is 235 Å². The second-order valence-electron chi connectivity index (χ2n) is 9.28. The lowest BCUT2D eigenvalue weighted by Crippen LogP contribution is -2.14. The predicted octanol–water partition coefficient (Wildman–Crippen LogP) is 6.61. The van der Waals surface area contributed by atoms with Crippen LogP contribution in [-0.2, 0) is 23.0 Å². The average molecular weight is 576 g/mol. The standard InChI is InChI=1S/C29H25N3O6S2/c1-19-11-16-23(17-25(19)32(34)35)40(36,37)38-22-14-12-20(13-15-22)18-30-29-27(24-9-5-6-10-26(24)39-29)28(33)31-21-7-3-2-4-8-21/h2-4,7-8,11-18H,5-6,9-10H2,1H3,(H,31,33). The molecule has 0 saturated heterocycles. The van der Waals surface area contributed by atoms with E-state index >= 15 is 0 Å². The maximum Gasteiger partial charge on any atom is 0.339 e. The molecule has 0 fully saturated rings. The number of hydrogen-bond donors (Lipinski definition) is 1.